The molecule has 0 spiro atoms. The lowest BCUT2D eigenvalue weighted by atomic mass is 9.52. The number of ketones is 1. The first kappa shape index (κ1) is 13.6. The SMILES string of the molecule is O=C1CC[C@H]2[C@H]3Cc4c(S(=O)O)cccc4[C@@]2(CCN3)C1. The van der Waals surface area contributed by atoms with Crippen molar-refractivity contribution in [2.24, 2.45) is 5.92 Å². The third kappa shape index (κ3) is 1.87. The normalized spacial score (nSPS) is 35.8. The van der Waals surface area contributed by atoms with E-state index in [1.54, 1.807) is 6.07 Å². The molecule has 4 atom stereocenters. The summed E-state index contributed by atoms with van der Waals surface area (Å²) >= 11 is -1.96. The molecule has 1 saturated carbocycles. The van der Waals surface area contributed by atoms with Crippen LogP contribution in [0.3, 0.4) is 0 Å². The molecule has 1 unspecified atom stereocenters. The average molecular weight is 305 g/mol. The second-order valence-electron chi connectivity index (χ2n) is 6.56. The molecule has 4 nitrogen and oxygen atoms in total. The monoisotopic (exact) mass is 305 g/mol. The number of carbonyl (C=O) groups excluding carboxylic acids is 1. The number of fused-ring (bicyclic) bond motifs is 1. The van der Waals surface area contributed by atoms with Crippen LogP contribution >= 0.6 is 0 Å². The van der Waals surface area contributed by atoms with Gasteiger partial charge in [0.05, 0.1) is 4.90 Å². The Balaban J connectivity index is 1.94. The predicted octanol–water partition coefficient (Wildman–Crippen LogP) is 1.79. The molecular formula is C16H19NO3S. The molecule has 112 valence electrons. The summed E-state index contributed by atoms with van der Waals surface area (Å²) in [5, 5.41) is 3.57. The summed E-state index contributed by atoms with van der Waals surface area (Å²) < 4.78 is 21.2. The average Bonchev–Trinajstić information content (AvgIpc) is 2.45. The molecular weight excluding hydrogens is 286 g/mol. The Bertz CT molecular complexity index is 644. The maximum Gasteiger partial charge on any atom is 0.186 e. The molecule has 2 aliphatic carbocycles. The fourth-order valence-electron chi connectivity index (χ4n) is 4.92. The topological polar surface area (TPSA) is 66.4 Å². The molecule has 1 aromatic rings. The standard InChI is InChI=1S/C16H19NO3S/c18-10-4-5-13-14-8-11-12(2-1-3-15(11)21(19)20)16(13,9-10)6-7-17-14/h1-3,13-14,17H,4-9H2,(H,19,20)/t13-,14+,16+/m0/s1. The molecule has 2 fully saturated rings. The Morgan fingerprint density at radius 2 is 2.24 bits per heavy atom. The maximum absolute atomic E-state index is 12.1. The lowest BCUT2D eigenvalue weighted by Gasteiger charge is -2.55. The van der Waals surface area contributed by atoms with Crippen molar-refractivity contribution >= 4 is 16.9 Å². The van der Waals surface area contributed by atoms with Crippen LogP contribution < -0.4 is 5.32 Å². The van der Waals surface area contributed by atoms with Crippen LogP contribution in [0.15, 0.2) is 23.1 Å². The quantitative estimate of drug-likeness (QED) is 0.776. The van der Waals surface area contributed by atoms with Gasteiger partial charge in [-0.2, -0.15) is 0 Å². The highest BCUT2D eigenvalue weighted by atomic mass is 32.2. The molecule has 0 amide bonds. The van der Waals surface area contributed by atoms with E-state index in [1.807, 2.05) is 6.07 Å². The summed E-state index contributed by atoms with van der Waals surface area (Å²) in [5.74, 6) is 0.828. The van der Waals surface area contributed by atoms with Crippen molar-refractivity contribution in [2.45, 2.75) is 48.5 Å². The van der Waals surface area contributed by atoms with Gasteiger partial charge in [0, 0.05) is 24.3 Å². The van der Waals surface area contributed by atoms with Gasteiger partial charge in [-0.15, -0.1) is 0 Å². The van der Waals surface area contributed by atoms with Gasteiger partial charge in [-0.05, 0) is 48.9 Å². The van der Waals surface area contributed by atoms with Gasteiger partial charge in [0.25, 0.3) is 0 Å². The third-order valence-corrected chi connectivity index (χ3v) is 6.46. The smallest absolute Gasteiger partial charge is 0.186 e. The Kier molecular flexibility index (Phi) is 3.07. The summed E-state index contributed by atoms with van der Waals surface area (Å²) in [6, 6.07) is 6.03. The minimum absolute atomic E-state index is 0.103. The molecule has 2 N–H and O–H groups in total. The Morgan fingerprint density at radius 3 is 3.05 bits per heavy atom. The number of rotatable bonds is 1. The molecule has 1 aliphatic heterocycles. The molecule has 1 saturated heterocycles. The number of nitrogens with one attached hydrogen (secondary N) is 1. The van der Waals surface area contributed by atoms with Crippen LogP contribution in [0.25, 0.3) is 0 Å². The summed E-state index contributed by atoms with van der Waals surface area (Å²) in [4.78, 5) is 12.6. The molecule has 2 bridgehead atoms. The Labute approximate surface area is 126 Å². The molecule has 0 aromatic heterocycles. The summed E-state index contributed by atoms with van der Waals surface area (Å²) in [6.07, 6.45) is 3.99. The highest BCUT2D eigenvalue weighted by Crippen LogP contribution is 2.53. The minimum atomic E-state index is -1.96. The van der Waals surface area contributed by atoms with Crippen LogP contribution in [0, 0.1) is 5.92 Å². The first-order valence-corrected chi connectivity index (χ1v) is 8.71. The number of hydrogen-bond acceptors (Lipinski definition) is 3. The fourth-order valence-corrected chi connectivity index (χ4v) is 5.52. The zero-order chi connectivity index (χ0) is 14.6. The van der Waals surface area contributed by atoms with Crippen molar-refractivity contribution in [3.63, 3.8) is 0 Å². The molecule has 21 heavy (non-hydrogen) atoms. The molecule has 5 heteroatoms. The number of carbonyl (C=O) groups is 1. The molecule has 0 radical (unpaired) electrons. The van der Waals surface area contributed by atoms with Crippen LogP contribution in [0.4, 0.5) is 0 Å². The van der Waals surface area contributed by atoms with Crippen molar-refractivity contribution in [3.05, 3.63) is 29.3 Å². The molecule has 3 aliphatic rings. The highest BCUT2D eigenvalue weighted by molar-refractivity contribution is 7.79. The van der Waals surface area contributed by atoms with Gasteiger partial charge in [0.1, 0.15) is 5.78 Å². The summed E-state index contributed by atoms with van der Waals surface area (Å²) in [6.45, 7) is 0.931. The Morgan fingerprint density at radius 1 is 1.38 bits per heavy atom. The van der Waals surface area contributed by atoms with Crippen molar-refractivity contribution < 1.29 is 13.6 Å². The minimum Gasteiger partial charge on any atom is -0.313 e. The van der Waals surface area contributed by atoms with Gasteiger partial charge in [0.15, 0.2) is 11.1 Å². The Hall–Kier alpha value is -1.04. The van der Waals surface area contributed by atoms with Gasteiger partial charge < -0.3 is 9.87 Å². The van der Waals surface area contributed by atoms with E-state index in [9.17, 15) is 13.6 Å². The van der Waals surface area contributed by atoms with E-state index >= 15 is 0 Å². The van der Waals surface area contributed by atoms with E-state index in [4.69, 9.17) is 0 Å². The number of piperidine rings is 1. The van der Waals surface area contributed by atoms with E-state index < -0.39 is 11.1 Å². The molecule has 4 rings (SSSR count). The number of Topliss-reactive ketones (excluding diaryl/α,β-unsaturated/α-hetero) is 1. The maximum atomic E-state index is 12.1. The number of benzene rings is 1. The van der Waals surface area contributed by atoms with E-state index in [1.165, 1.54) is 5.56 Å². The summed E-state index contributed by atoms with van der Waals surface area (Å²) in [5.41, 5.74) is 2.06. The molecule has 1 heterocycles. The van der Waals surface area contributed by atoms with Crippen molar-refractivity contribution in [1.29, 1.82) is 0 Å². The van der Waals surface area contributed by atoms with Gasteiger partial charge in [0.2, 0.25) is 0 Å². The number of hydrogen-bond donors (Lipinski definition) is 2. The van der Waals surface area contributed by atoms with Gasteiger partial charge in [-0.3, -0.25) is 4.79 Å². The second kappa shape index (κ2) is 4.73. The van der Waals surface area contributed by atoms with Gasteiger partial charge >= 0.3 is 0 Å². The van der Waals surface area contributed by atoms with E-state index in [-0.39, 0.29) is 5.41 Å². The lowest BCUT2D eigenvalue weighted by molar-refractivity contribution is -0.125. The predicted molar refractivity (Wildman–Crippen MR) is 79.6 cm³/mol. The summed E-state index contributed by atoms with van der Waals surface area (Å²) in [7, 11) is 0. The van der Waals surface area contributed by atoms with Gasteiger partial charge in [-0.25, -0.2) is 4.21 Å². The molecule has 1 aromatic carbocycles. The highest BCUT2D eigenvalue weighted by Gasteiger charge is 2.53. The van der Waals surface area contributed by atoms with Crippen LogP contribution in [0.5, 0.6) is 0 Å². The second-order valence-corrected chi connectivity index (χ2v) is 7.50. The van der Waals surface area contributed by atoms with Crippen molar-refractivity contribution in [2.75, 3.05) is 6.54 Å². The van der Waals surface area contributed by atoms with E-state index in [2.05, 4.69) is 11.4 Å². The first-order chi connectivity index (χ1) is 10.1. The van der Waals surface area contributed by atoms with Crippen LogP contribution in [0.2, 0.25) is 0 Å². The van der Waals surface area contributed by atoms with Crippen molar-refractivity contribution in [1.82, 2.24) is 5.32 Å². The third-order valence-electron chi connectivity index (χ3n) is 5.70. The van der Waals surface area contributed by atoms with Crippen LogP contribution in [0.1, 0.15) is 36.8 Å². The largest absolute Gasteiger partial charge is 0.313 e. The van der Waals surface area contributed by atoms with E-state index in [0.29, 0.717) is 35.5 Å². The van der Waals surface area contributed by atoms with Crippen molar-refractivity contribution in [3.8, 4) is 0 Å². The lowest BCUT2D eigenvalue weighted by Crippen LogP contribution is -2.60. The van der Waals surface area contributed by atoms with Crippen LogP contribution in [-0.2, 0) is 27.7 Å². The fraction of sp³-hybridized carbons (Fsp3) is 0.562. The van der Waals surface area contributed by atoms with Gasteiger partial charge in [-0.1, -0.05) is 12.1 Å². The zero-order valence-electron chi connectivity index (χ0n) is 11.8. The first-order valence-electron chi connectivity index (χ1n) is 7.60. The van der Waals surface area contributed by atoms with Crippen LogP contribution in [-0.4, -0.2) is 27.1 Å². The van der Waals surface area contributed by atoms with E-state index in [0.717, 1.165) is 31.4 Å². The zero-order valence-corrected chi connectivity index (χ0v) is 12.6.